The summed E-state index contributed by atoms with van der Waals surface area (Å²) in [7, 11) is 0. The van der Waals surface area contributed by atoms with E-state index in [0.717, 1.165) is 46.4 Å². The van der Waals surface area contributed by atoms with Gasteiger partial charge in [-0.1, -0.05) is 11.6 Å². The van der Waals surface area contributed by atoms with Crippen LogP contribution in [0.4, 0.5) is 0 Å². The Bertz CT molecular complexity index is 595. The summed E-state index contributed by atoms with van der Waals surface area (Å²) in [5.41, 5.74) is 1.46. The predicted octanol–water partition coefficient (Wildman–Crippen LogP) is 5.20. The third kappa shape index (κ3) is 3.50. The summed E-state index contributed by atoms with van der Waals surface area (Å²) >= 11 is 6.55. The van der Waals surface area contributed by atoms with E-state index in [9.17, 15) is 0 Å². The minimum absolute atomic E-state index is 0.350. The summed E-state index contributed by atoms with van der Waals surface area (Å²) in [6.45, 7) is 6.03. The second kappa shape index (κ2) is 7.00. The van der Waals surface area contributed by atoms with Gasteiger partial charge in [-0.05, 0) is 81.8 Å². The van der Waals surface area contributed by atoms with Crippen LogP contribution in [-0.2, 0) is 6.54 Å². The molecule has 1 aromatic rings. The molecule has 0 radical (unpaired) electrons. The third-order valence-corrected chi connectivity index (χ3v) is 6.76. The van der Waals surface area contributed by atoms with Gasteiger partial charge in [0, 0.05) is 23.2 Å². The molecule has 0 atom stereocenters. The molecule has 0 aromatic heterocycles. The van der Waals surface area contributed by atoms with Crippen molar-refractivity contribution in [3.8, 4) is 11.5 Å². The van der Waals surface area contributed by atoms with Crippen molar-refractivity contribution in [1.82, 2.24) is 5.32 Å². The second-order valence-corrected chi connectivity index (χ2v) is 8.72. The van der Waals surface area contributed by atoms with Crippen molar-refractivity contribution < 1.29 is 9.47 Å². The SMILES string of the molecule is CCOc1cc(Cl)c(CNC23CC4CC(CC(C4)C2)C3)cc1OCC. The Morgan fingerprint density at radius 3 is 2.00 bits per heavy atom. The van der Waals surface area contributed by atoms with E-state index < -0.39 is 0 Å². The van der Waals surface area contributed by atoms with Gasteiger partial charge in [0.05, 0.1) is 13.2 Å². The van der Waals surface area contributed by atoms with Gasteiger partial charge < -0.3 is 14.8 Å². The molecule has 4 aliphatic rings. The zero-order valence-corrected chi connectivity index (χ0v) is 16.2. The zero-order valence-electron chi connectivity index (χ0n) is 15.4. The van der Waals surface area contributed by atoms with Crippen LogP contribution in [0.5, 0.6) is 11.5 Å². The molecular formula is C21H30ClNO2. The van der Waals surface area contributed by atoms with E-state index in [2.05, 4.69) is 11.4 Å². The summed E-state index contributed by atoms with van der Waals surface area (Å²) in [6.07, 6.45) is 8.47. The molecule has 5 rings (SSSR count). The van der Waals surface area contributed by atoms with Crippen molar-refractivity contribution in [3.63, 3.8) is 0 Å². The first-order chi connectivity index (χ1) is 12.1. The van der Waals surface area contributed by atoms with Crippen LogP contribution >= 0.6 is 11.6 Å². The molecule has 1 N–H and O–H groups in total. The molecule has 138 valence electrons. The van der Waals surface area contributed by atoms with Gasteiger partial charge in [-0.2, -0.15) is 0 Å². The van der Waals surface area contributed by atoms with E-state index in [-0.39, 0.29) is 0 Å². The topological polar surface area (TPSA) is 30.5 Å². The summed E-state index contributed by atoms with van der Waals surface area (Å²) < 4.78 is 11.4. The van der Waals surface area contributed by atoms with Crippen LogP contribution in [-0.4, -0.2) is 18.8 Å². The summed E-state index contributed by atoms with van der Waals surface area (Å²) in [4.78, 5) is 0. The van der Waals surface area contributed by atoms with Crippen molar-refractivity contribution in [2.75, 3.05) is 13.2 Å². The first-order valence-electron chi connectivity index (χ1n) is 9.94. The average Bonchev–Trinajstić information content (AvgIpc) is 2.55. The maximum Gasteiger partial charge on any atom is 0.162 e. The van der Waals surface area contributed by atoms with Crippen LogP contribution in [0, 0.1) is 17.8 Å². The van der Waals surface area contributed by atoms with Crippen molar-refractivity contribution in [2.45, 2.75) is 64.5 Å². The quantitative estimate of drug-likeness (QED) is 0.722. The summed E-state index contributed by atoms with van der Waals surface area (Å²) in [5, 5.41) is 4.69. The number of rotatable bonds is 7. The van der Waals surface area contributed by atoms with Gasteiger partial charge in [-0.25, -0.2) is 0 Å². The Morgan fingerprint density at radius 2 is 1.48 bits per heavy atom. The Hall–Kier alpha value is -0.930. The molecule has 0 amide bonds. The molecule has 0 spiro atoms. The fraction of sp³-hybridized carbons (Fsp3) is 0.714. The van der Waals surface area contributed by atoms with Gasteiger partial charge >= 0.3 is 0 Å². The predicted molar refractivity (Wildman–Crippen MR) is 102 cm³/mol. The highest BCUT2D eigenvalue weighted by Crippen LogP contribution is 2.55. The molecule has 4 fully saturated rings. The van der Waals surface area contributed by atoms with Gasteiger partial charge in [0.25, 0.3) is 0 Å². The number of benzene rings is 1. The van der Waals surface area contributed by atoms with Gasteiger partial charge in [-0.15, -0.1) is 0 Å². The fourth-order valence-electron chi connectivity index (χ4n) is 5.86. The third-order valence-electron chi connectivity index (χ3n) is 6.40. The highest BCUT2D eigenvalue weighted by atomic mass is 35.5. The summed E-state index contributed by atoms with van der Waals surface area (Å²) in [6, 6.07) is 3.97. The van der Waals surface area contributed by atoms with Gasteiger partial charge in [0.1, 0.15) is 0 Å². The molecule has 0 heterocycles. The van der Waals surface area contributed by atoms with Gasteiger partial charge in [0.15, 0.2) is 11.5 Å². The number of hydrogen-bond acceptors (Lipinski definition) is 3. The maximum absolute atomic E-state index is 6.55. The molecule has 0 unspecified atom stereocenters. The number of nitrogens with one attached hydrogen (secondary N) is 1. The van der Waals surface area contributed by atoms with E-state index in [1.165, 1.54) is 38.5 Å². The van der Waals surface area contributed by atoms with Crippen molar-refractivity contribution >= 4 is 11.6 Å². The average molecular weight is 364 g/mol. The maximum atomic E-state index is 6.55. The van der Waals surface area contributed by atoms with Gasteiger partial charge in [-0.3, -0.25) is 0 Å². The molecule has 1 aromatic carbocycles. The lowest BCUT2D eigenvalue weighted by molar-refractivity contribution is -0.0206. The molecule has 4 aliphatic carbocycles. The van der Waals surface area contributed by atoms with Crippen molar-refractivity contribution in [3.05, 3.63) is 22.7 Å². The minimum Gasteiger partial charge on any atom is -0.490 e. The van der Waals surface area contributed by atoms with E-state index in [1.54, 1.807) is 0 Å². The Balaban J connectivity index is 1.50. The molecule has 0 aliphatic heterocycles. The number of hydrogen-bond donors (Lipinski definition) is 1. The zero-order chi connectivity index (χ0) is 17.4. The molecule has 25 heavy (non-hydrogen) atoms. The van der Waals surface area contributed by atoms with Crippen molar-refractivity contribution in [1.29, 1.82) is 0 Å². The molecule has 4 heteroatoms. The largest absolute Gasteiger partial charge is 0.490 e. The molecule has 4 bridgehead atoms. The van der Waals surface area contributed by atoms with Crippen LogP contribution in [0.15, 0.2) is 12.1 Å². The lowest BCUT2D eigenvalue weighted by Crippen LogP contribution is -2.58. The smallest absolute Gasteiger partial charge is 0.162 e. The van der Waals surface area contributed by atoms with E-state index in [4.69, 9.17) is 21.1 Å². The number of ether oxygens (including phenoxy) is 2. The monoisotopic (exact) mass is 363 g/mol. The summed E-state index contributed by atoms with van der Waals surface area (Å²) in [5.74, 6) is 4.40. The van der Waals surface area contributed by atoms with Crippen molar-refractivity contribution in [2.24, 2.45) is 17.8 Å². The highest BCUT2D eigenvalue weighted by molar-refractivity contribution is 6.31. The first-order valence-corrected chi connectivity index (χ1v) is 10.3. The molecule has 4 saturated carbocycles. The first kappa shape index (κ1) is 17.5. The molecule has 0 saturated heterocycles. The highest BCUT2D eigenvalue weighted by Gasteiger charge is 2.50. The lowest BCUT2D eigenvalue weighted by atomic mass is 9.53. The molecule has 3 nitrogen and oxygen atoms in total. The Kier molecular flexibility index (Phi) is 4.89. The second-order valence-electron chi connectivity index (χ2n) is 8.31. The van der Waals surface area contributed by atoms with Crippen LogP contribution < -0.4 is 14.8 Å². The van der Waals surface area contributed by atoms with Crippen LogP contribution in [0.2, 0.25) is 5.02 Å². The molecular weight excluding hydrogens is 334 g/mol. The fourth-order valence-corrected chi connectivity index (χ4v) is 6.08. The Morgan fingerprint density at radius 1 is 0.960 bits per heavy atom. The standard InChI is InChI=1S/C21H30ClNO2/c1-3-24-19-8-17(18(22)9-20(19)25-4-2)13-23-21-10-14-5-15(11-21)7-16(6-14)12-21/h8-9,14-16,23H,3-7,10-13H2,1-2H3. The van der Waals surface area contributed by atoms with E-state index in [0.29, 0.717) is 18.8 Å². The van der Waals surface area contributed by atoms with E-state index >= 15 is 0 Å². The lowest BCUT2D eigenvalue weighted by Gasteiger charge is -2.57. The van der Waals surface area contributed by atoms with Crippen LogP contribution in [0.25, 0.3) is 0 Å². The Labute approximate surface area is 156 Å². The normalized spacial score (nSPS) is 32.8. The van der Waals surface area contributed by atoms with Gasteiger partial charge in [0.2, 0.25) is 0 Å². The minimum atomic E-state index is 0.350. The van der Waals surface area contributed by atoms with Crippen LogP contribution in [0.1, 0.15) is 57.9 Å². The van der Waals surface area contributed by atoms with E-state index in [1.807, 2.05) is 19.9 Å². The number of halogens is 1. The van der Waals surface area contributed by atoms with Crippen LogP contribution in [0.3, 0.4) is 0 Å².